The van der Waals surface area contributed by atoms with Gasteiger partial charge in [-0.3, -0.25) is 9.69 Å². The Morgan fingerprint density at radius 3 is 2.53 bits per heavy atom. The zero-order valence-corrected chi connectivity index (χ0v) is 13.4. The van der Waals surface area contributed by atoms with E-state index in [0.717, 1.165) is 30.7 Å². The van der Waals surface area contributed by atoms with E-state index in [0.29, 0.717) is 16.8 Å². The van der Waals surface area contributed by atoms with Crippen LogP contribution in [0.4, 0.5) is 0 Å². The number of hydrogen-bond donors (Lipinski definition) is 0. The van der Waals surface area contributed by atoms with E-state index in [1.807, 2.05) is 4.90 Å². The lowest BCUT2D eigenvalue weighted by Crippen LogP contribution is -2.50. The number of aromatic nitrogens is 1. The van der Waals surface area contributed by atoms with E-state index in [9.17, 15) is 4.79 Å². The van der Waals surface area contributed by atoms with E-state index < -0.39 is 0 Å². The fraction of sp³-hybridized carbons (Fsp3) is 0.538. The molecule has 1 aliphatic rings. The van der Waals surface area contributed by atoms with E-state index in [1.54, 1.807) is 12.3 Å². The molecular formula is C13H17BrClN3O. The van der Waals surface area contributed by atoms with Crippen LogP contribution in [0, 0.1) is 0 Å². The molecule has 0 bridgehead atoms. The minimum absolute atomic E-state index is 0.0825. The van der Waals surface area contributed by atoms with Crippen LogP contribution in [0.5, 0.6) is 0 Å². The van der Waals surface area contributed by atoms with Gasteiger partial charge in [-0.15, -0.1) is 0 Å². The van der Waals surface area contributed by atoms with Crippen LogP contribution in [0.1, 0.15) is 24.3 Å². The van der Waals surface area contributed by atoms with Crippen molar-refractivity contribution in [2.24, 2.45) is 0 Å². The van der Waals surface area contributed by atoms with Crippen LogP contribution < -0.4 is 0 Å². The molecule has 104 valence electrons. The molecule has 0 N–H and O–H groups in total. The van der Waals surface area contributed by atoms with Gasteiger partial charge in [0.15, 0.2) is 0 Å². The second-order valence-electron chi connectivity index (χ2n) is 4.91. The zero-order valence-electron chi connectivity index (χ0n) is 11.1. The Morgan fingerprint density at radius 1 is 1.37 bits per heavy atom. The predicted octanol–water partition coefficient (Wildman–Crippen LogP) is 2.66. The molecule has 0 aliphatic carbocycles. The van der Waals surface area contributed by atoms with Gasteiger partial charge in [0.2, 0.25) is 0 Å². The quantitative estimate of drug-likeness (QED) is 0.826. The molecule has 1 aromatic heterocycles. The highest BCUT2D eigenvalue weighted by molar-refractivity contribution is 9.10. The molecule has 6 heteroatoms. The molecule has 1 aliphatic heterocycles. The van der Waals surface area contributed by atoms with Crippen LogP contribution in [0.3, 0.4) is 0 Å². The van der Waals surface area contributed by atoms with Gasteiger partial charge in [-0.05, 0) is 35.8 Å². The highest BCUT2D eigenvalue weighted by Gasteiger charge is 2.25. The molecule has 1 saturated heterocycles. The fourth-order valence-corrected chi connectivity index (χ4v) is 2.87. The van der Waals surface area contributed by atoms with Crippen molar-refractivity contribution in [1.29, 1.82) is 0 Å². The van der Waals surface area contributed by atoms with Crippen LogP contribution >= 0.6 is 27.5 Å². The van der Waals surface area contributed by atoms with Gasteiger partial charge in [0.05, 0.1) is 5.02 Å². The second kappa shape index (κ2) is 6.20. The summed E-state index contributed by atoms with van der Waals surface area (Å²) in [6, 6.07) is 2.22. The Bertz CT molecular complexity index is 473. The topological polar surface area (TPSA) is 36.4 Å². The second-order valence-corrected chi connectivity index (χ2v) is 6.23. The number of piperazine rings is 1. The van der Waals surface area contributed by atoms with Crippen molar-refractivity contribution >= 4 is 33.4 Å². The average Bonchev–Trinajstić information content (AvgIpc) is 2.38. The Kier molecular flexibility index (Phi) is 4.81. The zero-order chi connectivity index (χ0) is 14.0. The molecule has 19 heavy (non-hydrogen) atoms. The molecule has 0 unspecified atom stereocenters. The van der Waals surface area contributed by atoms with Gasteiger partial charge < -0.3 is 4.90 Å². The number of halogens is 2. The third-order valence-electron chi connectivity index (χ3n) is 3.34. The van der Waals surface area contributed by atoms with E-state index in [1.165, 1.54) is 0 Å². The summed E-state index contributed by atoms with van der Waals surface area (Å²) in [5.74, 6) is -0.0825. The SMILES string of the molecule is CC(C)N1CCN(C(=O)c2ncc(Br)cc2Cl)CC1. The molecule has 2 heterocycles. The number of amides is 1. The summed E-state index contributed by atoms with van der Waals surface area (Å²) in [6.07, 6.45) is 1.60. The molecule has 1 amide bonds. The molecular weight excluding hydrogens is 330 g/mol. The smallest absolute Gasteiger partial charge is 0.274 e. The first-order valence-corrected chi connectivity index (χ1v) is 7.50. The van der Waals surface area contributed by atoms with Crippen molar-refractivity contribution in [3.8, 4) is 0 Å². The third-order valence-corrected chi connectivity index (χ3v) is 4.06. The highest BCUT2D eigenvalue weighted by Crippen LogP contribution is 2.20. The Hall–Kier alpha value is -0.650. The van der Waals surface area contributed by atoms with Gasteiger partial charge in [0, 0.05) is 42.9 Å². The summed E-state index contributed by atoms with van der Waals surface area (Å²) in [7, 11) is 0. The minimum Gasteiger partial charge on any atom is -0.335 e. The van der Waals surface area contributed by atoms with Gasteiger partial charge in [-0.1, -0.05) is 11.6 Å². The number of rotatable bonds is 2. The van der Waals surface area contributed by atoms with Crippen LogP contribution in [0.2, 0.25) is 5.02 Å². The van der Waals surface area contributed by atoms with Crippen molar-refractivity contribution in [2.45, 2.75) is 19.9 Å². The molecule has 0 aromatic carbocycles. The van der Waals surface area contributed by atoms with Crippen molar-refractivity contribution in [2.75, 3.05) is 26.2 Å². The lowest BCUT2D eigenvalue weighted by atomic mass is 10.2. The number of carbonyl (C=O) groups excluding carboxylic acids is 1. The maximum Gasteiger partial charge on any atom is 0.274 e. The van der Waals surface area contributed by atoms with Crippen molar-refractivity contribution in [1.82, 2.24) is 14.8 Å². The van der Waals surface area contributed by atoms with Crippen molar-refractivity contribution in [3.05, 3.63) is 27.5 Å². The number of nitrogens with zero attached hydrogens (tertiary/aromatic N) is 3. The normalized spacial score (nSPS) is 17.0. The fourth-order valence-electron chi connectivity index (χ4n) is 2.16. The van der Waals surface area contributed by atoms with E-state index >= 15 is 0 Å². The van der Waals surface area contributed by atoms with Gasteiger partial charge in [0.1, 0.15) is 5.69 Å². The van der Waals surface area contributed by atoms with Gasteiger partial charge in [-0.25, -0.2) is 4.98 Å². The first-order chi connectivity index (χ1) is 8.99. The first kappa shape index (κ1) is 14.8. The third kappa shape index (κ3) is 3.46. The molecule has 0 saturated carbocycles. The maximum absolute atomic E-state index is 12.4. The summed E-state index contributed by atoms with van der Waals surface area (Å²) in [4.78, 5) is 20.7. The van der Waals surface area contributed by atoms with E-state index in [-0.39, 0.29) is 5.91 Å². The summed E-state index contributed by atoms with van der Waals surface area (Å²) in [5.41, 5.74) is 0.336. The Balaban J connectivity index is 2.05. The van der Waals surface area contributed by atoms with Gasteiger partial charge >= 0.3 is 0 Å². The molecule has 2 rings (SSSR count). The average molecular weight is 347 g/mol. The Morgan fingerprint density at radius 2 is 2.00 bits per heavy atom. The molecule has 1 fully saturated rings. The molecule has 0 radical (unpaired) electrons. The number of pyridine rings is 1. The van der Waals surface area contributed by atoms with Crippen LogP contribution in [-0.2, 0) is 0 Å². The molecule has 0 atom stereocenters. The molecule has 4 nitrogen and oxygen atoms in total. The van der Waals surface area contributed by atoms with E-state index in [4.69, 9.17) is 11.6 Å². The van der Waals surface area contributed by atoms with Crippen LogP contribution in [0.25, 0.3) is 0 Å². The maximum atomic E-state index is 12.4. The summed E-state index contributed by atoms with van der Waals surface area (Å²) >= 11 is 9.36. The van der Waals surface area contributed by atoms with E-state index in [2.05, 4.69) is 39.7 Å². The first-order valence-electron chi connectivity index (χ1n) is 6.33. The number of hydrogen-bond acceptors (Lipinski definition) is 3. The van der Waals surface area contributed by atoms with Gasteiger partial charge in [-0.2, -0.15) is 0 Å². The van der Waals surface area contributed by atoms with Crippen molar-refractivity contribution < 1.29 is 4.79 Å². The van der Waals surface area contributed by atoms with Crippen LogP contribution in [-0.4, -0.2) is 52.9 Å². The molecule has 1 aromatic rings. The minimum atomic E-state index is -0.0825. The summed E-state index contributed by atoms with van der Waals surface area (Å²) in [5, 5.41) is 0.394. The highest BCUT2D eigenvalue weighted by atomic mass is 79.9. The van der Waals surface area contributed by atoms with Crippen LogP contribution in [0.15, 0.2) is 16.7 Å². The number of carbonyl (C=O) groups is 1. The largest absolute Gasteiger partial charge is 0.335 e. The van der Waals surface area contributed by atoms with Crippen molar-refractivity contribution in [3.63, 3.8) is 0 Å². The summed E-state index contributed by atoms with van der Waals surface area (Å²) < 4.78 is 0.777. The molecule has 0 spiro atoms. The standard InChI is InChI=1S/C13H17BrClN3O/c1-9(2)17-3-5-18(6-4-17)13(19)12-11(15)7-10(14)8-16-12/h7-9H,3-6H2,1-2H3. The Labute approximate surface area is 126 Å². The monoisotopic (exact) mass is 345 g/mol. The summed E-state index contributed by atoms with van der Waals surface area (Å²) in [6.45, 7) is 7.60. The predicted molar refractivity (Wildman–Crippen MR) is 79.6 cm³/mol. The lowest BCUT2D eigenvalue weighted by molar-refractivity contribution is 0.0590. The van der Waals surface area contributed by atoms with Gasteiger partial charge in [0.25, 0.3) is 5.91 Å². The lowest BCUT2D eigenvalue weighted by Gasteiger charge is -2.36.